The first-order valence-electron chi connectivity index (χ1n) is 15.2. The summed E-state index contributed by atoms with van der Waals surface area (Å²) >= 11 is 0. The second-order valence-corrected chi connectivity index (χ2v) is 11.5. The summed E-state index contributed by atoms with van der Waals surface area (Å²) in [7, 11) is 2.02. The Morgan fingerprint density at radius 1 is 0.951 bits per heavy atom. The third-order valence-electron chi connectivity index (χ3n) is 8.68. The molecule has 1 saturated heterocycles. The van der Waals surface area contributed by atoms with E-state index in [0.717, 1.165) is 84.8 Å². The number of hydrazine groups is 1. The first kappa shape index (κ1) is 27.3. The molecule has 1 saturated carbocycles. The van der Waals surface area contributed by atoms with Crippen LogP contribution in [0.3, 0.4) is 0 Å². The first-order valence-corrected chi connectivity index (χ1v) is 15.2. The van der Waals surface area contributed by atoms with E-state index in [1.807, 2.05) is 23.2 Å². The minimum absolute atomic E-state index is 0.103. The van der Waals surface area contributed by atoms with Gasteiger partial charge in [-0.2, -0.15) is 0 Å². The second-order valence-electron chi connectivity index (χ2n) is 11.5. The number of pyridine rings is 1. The molecule has 2 aliphatic heterocycles. The molecule has 0 radical (unpaired) electrons. The van der Waals surface area contributed by atoms with Crippen LogP contribution >= 0.6 is 0 Å². The third-order valence-corrected chi connectivity index (χ3v) is 8.68. The van der Waals surface area contributed by atoms with Crippen molar-refractivity contribution < 1.29 is 4.79 Å². The lowest BCUT2D eigenvalue weighted by molar-refractivity contribution is -0.123. The number of rotatable bonds is 8. The van der Waals surface area contributed by atoms with Crippen molar-refractivity contribution in [2.45, 2.75) is 51.5 Å². The lowest BCUT2D eigenvalue weighted by Gasteiger charge is -2.30. The molecule has 1 N–H and O–H groups in total. The number of hydrogen-bond donors (Lipinski definition) is 1. The molecule has 1 aromatic heterocycles. The van der Waals surface area contributed by atoms with Crippen molar-refractivity contribution in [2.24, 2.45) is 5.92 Å². The number of allylic oxidation sites excluding steroid dienone is 1. The molecule has 6 nitrogen and oxygen atoms in total. The summed E-state index contributed by atoms with van der Waals surface area (Å²) in [5.41, 5.74) is 9.86. The van der Waals surface area contributed by atoms with E-state index in [-0.39, 0.29) is 11.8 Å². The number of benzene rings is 2. The number of hydrogen-bond acceptors (Lipinski definition) is 5. The molecule has 6 heteroatoms. The highest BCUT2D eigenvalue weighted by molar-refractivity contribution is 5.95. The highest BCUT2D eigenvalue weighted by Gasteiger charge is 2.27. The van der Waals surface area contributed by atoms with Crippen LogP contribution in [0.4, 0.5) is 11.5 Å². The Bertz CT molecular complexity index is 1380. The van der Waals surface area contributed by atoms with E-state index in [9.17, 15) is 4.79 Å². The van der Waals surface area contributed by atoms with E-state index in [2.05, 4.69) is 89.2 Å². The molecule has 0 spiro atoms. The number of carbonyl (C=O) groups excluding carboxylic acids is 1. The molecule has 2 fully saturated rings. The van der Waals surface area contributed by atoms with Gasteiger partial charge in [-0.3, -0.25) is 4.79 Å². The van der Waals surface area contributed by atoms with Gasteiger partial charge in [-0.05, 0) is 78.8 Å². The van der Waals surface area contributed by atoms with Crippen LogP contribution in [-0.4, -0.2) is 42.6 Å². The summed E-state index contributed by atoms with van der Waals surface area (Å²) in [6, 6.07) is 21.3. The van der Waals surface area contributed by atoms with E-state index in [1.54, 1.807) is 0 Å². The number of nitrogens with zero attached hydrogens (tertiary/aromatic N) is 4. The molecule has 41 heavy (non-hydrogen) atoms. The summed E-state index contributed by atoms with van der Waals surface area (Å²) in [6.07, 6.45) is 16.4. The highest BCUT2D eigenvalue weighted by atomic mass is 16.2. The molecule has 3 aliphatic rings. The van der Waals surface area contributed by atoms with E-state index >= 15 is 0 Å². The lowest BCUT2D eigenvalue weighted by atomic mass is 9.88. The highest BCUT2D eigenvalue weighted by Crippen LogP contribution is 2.30. The SMILES string of the molecule is CN1NCC=C1/C=C/c1cccc(N(Cc2ccc(-c3ccc(N4CCCC4)nc3)cc2)C(=O)C2CCCCC2)c1. The number of aromatic nitrogens is 1. The van der Waals surface area contributed by atoms with Gasteiger partial charge < -0.3 is 14.8 Å². The fourth-order valence-corrected chi connectivity index (χ4v) is 6.21. The number of carbonyl (C=O) groups is 1. The molecule has 1 amide bonds. The van der Waals surface area contributed by atoms with Crippen LogP contribution in [0.2, 0.25) is 0 Å². The van der Waals surface area contributed by atoms with E-state index in [1.165, 1.54) is 19.3 Å². The molecule has 0 bridgehead atoms. The smallest absolute Gasteiger partial charge is 0.230 e. The van der Waals surface area contributed by atoms with Gasteiger partial charge in [0.15, 0.2) is 0 Å². The molecule has 6 rings (SSSR count). The Labute approximate surface area is 244 Å². The maximum atomic E-state index is 13.9. The molecule has 3 heterocycles. The van der Waals surface area contributed by atoms with Crippen LogP contribution in [0.15, 0.2) is 84.7 Å². The quantitative estimate of drug-likeness (QED) is 0.336. The summed E-state index contributed by atoms with van der Waals surface area (Å²) < 4.78 is 0. The Morgan fingerprint density at radius 2 is 1.73 bits per heavy atom. The molecule has 0 atom stereocenters. The minimum atomic E-state index is 0.103. The molecule has 212 valence electrons. The molecule has 1 aliphatic carbocycles. The molecular weight excluding hydrogens is 506 g/mol. The van der Waals surface area contributed by atoms with Gasteiger partial charge in [-0.25, -0.2) is 10.4 Å². The van der Waals surface area contributed by atoms with Gasteiger partial charge in [0.1, 0.15) is 5.82 Å². The molecule has 0 unspecified atom stereocenters. The number of likely N-dealkylation sites (N-methyl/N-ethyl adjacent to an activating group) is 1. The largest absolute Gasteiger partial charge is 0.357 e. The summed E-state index contributed by atoms with van der Waals surface area (Å²) in [5.74, 6) is 1.42. The van der Waals surface area contributed by atoms with Crippen LogP contribution in [0.1, 0.15) is 56.1 Å². The monoisotopic (exact) mass is 547 g/mol. The standard InChI is InChI=1S/C35H41N5O/c1-38-32(20-21-37-38)18-14-27-8-7-11-33(24-27)40(35(41)30-9-3-2-4-10-30)26-28-12-15-29(16-13-28)31-17-19-34(36-25-31)39-22-5-6-23-39/h7-8,11-20,24-25,30,37H,2-6,9-10,21-23,26H2,1H3/b18-14+. The maximum Gasteiger partial charge on any atom is 0.230 e. The fourth-order valence-electron chi connectivity index (χ4n) is 6.21. The number of amides is 1. The van der Waals surface area contributed by atoms with Gasteiger partial charge in [0.05, 0.1) is 6.54 Å². The Morgan fingerprint density at radius 3 is 2.44 bits per heavy atom. The zero-order chi connectivity index (χ0) is 28.0. The number of anilines is 2. The van der Waals surface area contributed by atoms with Gasteiger partial charge in [-0.15, -0.1) is 0 Å². The van der Waals surface area contributed by atoms with E-state index in [0.29, 0.717) is 6.54 Å². The molecular formula is C35H41N5O. The van der Waals surface area contributed by atoms with Crippen LogP contribution < -0.4 is 15.2 Å². The average molecular weight is 548 g/mol. The van der Waals surface area contributed by atoms with Gasteiger partial charge in [0.2, 0.25) is 5.91 Å². The number of nitrogens with one attached hydrogen (secondary N) is 1. The van der Waals surface area contributed by atoms with Crippen LogP contribution in [0.25, 0.3) is 17.2 Å². The van der Waals surface area contributed by atoms with Crippen molar-refractivity contribution in [3.8, 4) is 11.1 Å². The van der Waals surface area contributed by atoms with Gasteiger partial charge in [0.25, 0.3) is 0 Å². The van der Waals surface area contributed by atoms with Crippen LogP contribution in [-0.2, 0) is 11.3 Å². The van der Waals surface area contributed by atoms with Crippen LogP contribution in [0, 0.1) is 5.92 Å². The van der Waals surface area contributed by atoms with Gasteiger partial charge >= 0.3 is 0 Å². The fraction of sp³-hybridized carbons (Fsp3) is 0.371. The zero-order valence-corrected chi connectivity index (χ0v) is 24.1. The third kappa shape index (κ3) is 6.54. The Hall–Kier alpha value is -3.90. The Kier molecular flexibility index (Phi) is 8.47. The van der Waals surface area contributed by atoms with Gasteiger partial charge in [-0.1, -0.05) is 61.7 Å². The predicted octanol–water partition coefficient (Wildman–Crippen LogP) is 6.81. The van der Waals surface area contributed by atoms with E-state index < -0.39 is 0 Å². The van der Waals surface area contributed by atoms with E-state index in [4.69, 9.17) is 4.98 Å². The predicted molar refractivity (Wildman–Crippen MR) is 168 cm³/mol. The minimum Gasteiger partial charge on any atom is -0.357 e. The van der Waals surface area contributed by atoms with Crippen molar-refractivity contribution in [3.05, 3.63) is 95.8 Å². The Balaban J connectivity index is 1.21. The summed E-state index contributed by atoms with van der Waals surface area (Å²) in [5, 5.41) is 2.03. The van der Waals surface area contributed by atoms with Crippen molar-refractivity contribution in [1.29, 1.82) is 0 Å². The van der Waals surface area contributed by atoms with Gasteiger partial charge in [0, 0.05) is 55.7 Å². The normalized spacial score (nSPS) is 17.8. The van der Waals surface area contributed by atoms with Crippen molar-refractivity contribution in [1.82, 2.24) is 15.4 Å². The summed E-state index contributed by atoms with van der Waals surface area (Å²) in [6.45, 7) is 3.61. The van der Waals surface area contributed by atoms with Crippen LogP contribution in [0.5, 0.6) is 0 Å². The second kappa shape index (κ2) is 12.7. The van der Waals surface area contributed by atoms with Crippen molar-refractivity contribution in [3.63, 3.8) is 0 Å². The maximum absolute atomic E-state index is 13.9. The first-order chi connectivity index (χ1) is 20.1. The zero-order valence-electron chi connectivity index (χ0n) is 24.1. The average Bonchev–Trinajstić information content (AvgIpc) is 3.72. The topological polar surface area (TPSA) is 51.7 Å². The molecule has 2 aromatic carbocycles. The molecule has 3 aromatic rings. The van der Waals surface area contributed by atoms with Crippen molar-refractivity contribution >= 4 is 23.5 Å². The summed E-state index contributed by atoms with van der Waals surface area (Å²) in [4.78, 5) is 23.0. The van der Waals surface area contributed by atoms with Crippen molar-refractivity contribution in [2.75, 3.05) is 36.5 Å². The lowest BCUT2D eigenvalue weighted by Crippen LogP contribution is -2.36.